The van der Waals surface area contributed by atoms with E-state index in [1.54, 1.807) is 0 Å². The second-order valence-corrected chi connectivity index (χ2v) is 40.3. The topological polar surface area (TPSA) is 670 Å². The Morgan fingerprint density at radius 1 is 0.156 bits per heavy atom. The first-order chi connectivity index (χ1) is 68.8. The molecule has 7 fully saturated rings. The first kappa shape index (κ1) is 124. The number of thioether (sulfide) groups is 6. The molecule has 0 aliphatic carbocycles. The van der Waals surface area contributed by atoms with Crippen molar-refractivity contribution in [1.29, 1.82) is 0 Å². The Labute approximate surface area is 865 Å². The first-order valence-corrected chi connectivity index (χ1v) is 51.1. The number of carbonyl (C=O) groups excluding carboxylic acids is 23. The molecule has 7 aliphatic heterocycles. The zero-order valence-corrected chi connectivity index (χ0v) is 88.6. The fraction of sp³-hybridized carbons (Fsp3) is 0.739. The number of esters is 23. The van der Waals surface area contributed by atoms with Gasteiger partial charge in [0.25, 0.3) is 0 Å². The van der Waals surface area contributed by atoms with Gasteiger partial charge in [-0.1, -0.05) is 0 Å². The van der Waals surface area contributed by atoms with Crippen molar-refractivity contribution in [2.24, 2.45) is 0 Å². The molecule has 0 spiro atoms. The van der Waals surface area contributed by atoms with Gasteiger partial charge in [0.15, 0.2) is 97.7 Å². The highest BCUT2D eigenvalue weighted by molar-refractivity contribution is 8.02. The summed E-state index contributed by atoms with van der Waals surface area (Å²) in [6, 6.07) is 0. The van der Waals surface area contributed by atoms with Gasteiger partial charge in [0.1, 0.15) is 107 Å². The van der Waals surface area contributed by atoms with Crippen molar-refractivity contribution in [3.63, 3.8) is 0 Å². The van der Waals surface area contributed by atoms with Gasteiger partial charge in [-0.25, -0.2) is 0 Å². The van der Waals surface area contributed by atoms with E-state index in [9.17, 15) is 110 Å². The predicted octanol–water partition coefficient (Wildman–Crippen LogP) is 1.15. The van der Waals surface area contributed by atoms with Crippen LogP contribution in [0.4, 0.5) is 0 Å². The van der Waals surface area contributed by atoms with Crippen LogP contribution in [-0.2, 0) is 252 Å². The standard InChI is InChI=1S/C88H118O53S6/c1-31(89)112-24-54-61(115-34(4)92)69(123-42(12)100)74(128-47(17)105)83(136-54)142-29-59-66(120-39(9)97)81(147-88-77(131-50(20)108)71(125-44(14)102)63(117-36(6)94)56(138-88)26-114-33(3)91)79(133-52(22)110)86(141-59)145-28-58-65(119-38(8)96)72(126-45(15)103)75(129-48(18)106)84(139-58)143-30-60-67(121-40(10)98)80(146-87-76(130-49(19)107)70(124-43(13)101)62(116-35(5)93)55(137-87)25-113-32(2)90)78(132-51(21)109)85(140-60)144-27-57-64(118-37(7)95)68(122-41(11)99)73(127-46(16)104)82(135-57)134-53(23)111/h54-88H,24-30H2,1-23H3/t54-,55-,56-,57-,58-,59-,60-,61-,62-,63-,64-,65-,66-,67-,68+,69+,70+,71+,72+,73-,74-,75-,76-,77-,78-,79-,80+,81+,82-,83+,84+,85+,86+,87+,88+/m1/s1. The minimum Gasteiger partial charge on any atom is -0.463 e. The summed E-state index contributed by atoms with van der Waals surface area (Å²) in [6.07, 6.45) is -50.0. The van der Waals surface area contributed by atoms with Crippen LogP contribution < -0.4 is 0 Å². The Morgan fingerprint density at radius 2 is 0.313 bits per heavy atom. The van der Waals surface area contributed by atoms with Crippen LogP contribution in [0.15, 0.2) is 0 Å². The molecule has 0 aromatic carbocycles. The van der Waals surface area contributed by atoms with E-state index < -0.39 is 388 Å². The van der Waals surface area contributed by atoms with Crippen molar-refractivity contribution in [3.05, 3.63) is 0 Å². The van der Waals surface area contributed by atoms with Crippen LogP contribution >= 0.6 is 70.6 Å². The lowest BCUT2D eigenvalue weighted by atomic mass is 9.98. The zero-order chi connectivity index (χ0) is 110. The normalized spacial score (nSPS) is 32.8. The van der Waals surface area contributed by atoms with Crippen LogP contribution in [0.3, 0.4) is 0 Å². The second-order valence-electron chi connectivity index (χ2n) is 33.3. The fourth-order valence-corrected chi connectivity index (χ4v) is 24.8. The molecule has 7 aliphatic rings. The molecule has 7 rings (SSSR count). The van der Waals surface area contributed by atoms with E-state index in [0.717, 1.165) is 159 Å². The second kappa shape index (κ2) is 57.6. The van der Waals surface area contributed by atoms with Crippen molar-refractivity contribution < 1.29 is 252 Å². The summed E-state index contributed by atoms with van der Waals surface area (Å²) in [5.74, 6) is -27.3. The van der Waals surface area contributed by atoms with Crippen molar-refractivity contribution in [1.82, 2.24) is 0 Å². The van der Waals surface area contributed by atoms with Crippen molar-refractivity contribution >= 4 is 208 Å². The highest BCUT2D eigenvalue weighted by Gasteiger charge is 2.64. The summed E-state index contributed by atoms with van der Waals surface area (Å²) >= 11 is 3.48. The molecule has 0 bridgehead atoms. The van der Waals surface area contributed by atoms with Crippen molar-refractivity contribution in [2.45, 2.75) is 367 Å². The summed E-state index contributed by atoms with van der Waals surface area (Å²) in [6.45, 7) is 19.2. The number of carbonyl (C=O) groups is 23. The lowest BCUT2D eigenvalue weighted by Crippen LogP contribution is -2.64. The third kappa shape index (κ3) is 37.9. The van der Waals surface area contributed by atoms with E-state index in [-0.39, 0.29) is 0 Å². The molecular weight excluding hydrogens is 2100 g/mol. The van der Waals surface area contributed by atoms with Crippen LogP contribution in [0.5, 0.6) is 0 Å². The van der Waals surface area contributed by atoms with Crippen molar-refractivity contribution in [2.75, 3.05) is 42.8 Å². The quantitative estimate of drug-likeness (QED) is 0.0611. The lowest BCUT2D eigenvalue weighted by Gasteiger charge is -2.50. The summed E-state index contributed by atoms with van der Waals surface area (Å²) in [7, 11) is 0. The maximum absolute atomic E-state index is 14.2. The van der Waals surface area contributed by atoms with Gasteiger partial charge < -0.3 is 142 Å². The summed E-state index contributed by atoms with van der Waals surface area (Å²) in [5, 5.41) is -3.55. The van der Waals surface area contributed by atoms with Gasteiger partial charge in [0, 0.05) is 182 Å². The molecule has 0 N–H and O–H groups in total. The van der Waals surface area contributed by atoms with Crippen LogP contribution in [-0.4, -0.2) is 388 Å². The number of ether oxygens (including phenoxy) is 30. The molecule has 0 radical (unpaired) electrons. The Morgan fingerprint density at radius 3 is 0.544 bits per heavy atom. The molecule has 147 heavy (non-hydrogen) atoms. The molecule has 0 aromatic heterocycles. The molecule has 0 aromatic rings. The Bertz CT molecular complexity index is 4720. The van der Waals surface area contributed by atoms with Gasteiger partial charge in [-0.15, -0.1) is 70.6 Å². The van der Waals surface area contributed by atoms with Gasteiger partial charge in [-0.2, -0.15) is 0 Å². The average Bonchev–Trinajstić information content (AvgIpc) is 0.756. The SMILES string of the molecule is CC(=O)OC[C@H]1O[C@@H](SC[C@H]2O[C@@H](SC[C@H]3O[C@@H](SC[C@H]4O[C@@H](SC[C@H]5O[C@@H](OC(C)=O)[C@H](OC(C)=O)[C@@H](OC(C)=O)[C@@H]5OC(C)=O)[C@H](OC(C)=O)[C@@H](S[C@@H]5O[C@H](COC(C)=O)[C@@H](OC(C)=O)[C@H](OC(C)=O)[C@H]5OC(C)=O)[C@@H]4OC(C)=O)[C@H](OC(C)=O)[C@@H](OC(C)=O)[C@@H]3OC(C)=O)[C@H](OC(C)=O)[C@@H](S[C@@H]3O[C@H](COC(C)=O)[C@@H](OC(C)=O)[C@H](OC(C)=O)[C@H]3OC(C)=O)[C@@H]2OC(C)=O)[C@H](OC(C)=O)[C@@H](OC(C)=O)[C@@H]1OC(C)=O. The molecular formula is C88H118O53S6. The molecule has 0 saturated carbocycles. The van der Waals surface area contributed by atoms with Gasteiger partial charge in [0.2, 0.25) is 12.4 Å². The highest BCUT2D eigenvalue weighted by atomic mass is 32.2. The molecule has 7 saturated heterocycles. The summed E-state index contributed by atoms with van der Waals surface area (Å²) < 4.78 is 180. The van der Waals surface area contributed by atoms with Gasteiger partial charge >= 0.3 is 137 Å². The van der Waals surface area contributed by atoms with Gasteiger partial charge in [-0.05, 0) is 0 Å². The van der Waals surface area contributed by atoms with E-state index in [1.807, 2.05) is 0 Å². The minimum atomic E-state index is -2.03. The Balaban J connectivity index is 1.50. The number of hydrogen-bond donors (Lipinski definition) is 0. The molecule has 0 unspecified atom stereocenters. The van der Waals surface area contributed by atoms with Gasteiger partial charge in [-0.3, -0.25) is 110 Å². The van der Waals surface area contributed by atoms with E-state index in [4.69, 9.17) is 142 Å². The largest absolute Gasteiger partial charge is 0.463 e. The molecule has 7 heterocycles. The van der Waals surface area contributed by atoms with Crippen LogP contribution in [0.25, 0.3) is 0 Å². The Hall–Kier alpha value is -10.4. The van der Waals surface area contributed by atoms with E-state index >= 15 is 0 Å². The third-order valence-corrected chi connectivity index (χ3v) is 28.7. The molecule has 0 amide bonds. The monoisotopic (exact) mass is 2210 g/mol. The van der Waals surface area contributed by atoms with E-state index in [1.165, 1.54) is 0 Å². The Kier molecular flexibility index (Phi) is 48.4. The molecule has 59 heteroatoms. The highest BCUT2D eigenvalue weighted by Crippen LogP contribution is 2.51. The third-order valence-electron chi connectivity index (χ3n) is 20.8. The zero-order valence-electron chi connectivity index (χ0n) is 83.7. The molecule has 35 atom stereocenters. The predicted molar refractivity (Wildman–Crippen MR) is 490 cm³/mol. The minimum absolute atomic E-state index is 0.508. The van der Waals surface area contributed by atoms with E-state index in [2.05, 4.69) is 0 Å². The average molecular weight is 2220 g/mol. The lowest BCUT2D eigenvalue weighted by molar-refractivity contribution is -0.292. The maximum Gasteiger partial charge on any atom is 0.305 e. The fourth-order valence-electron chi connectivity index (χ4n) is 16.3. The summed E-state index contributed by atoms with van der Waals surface area (Å²) in [5.41, 5.74) is -10.9. The van der Waals surface area contributed by atoms with E-state index in [0.29, 0.717) is 70.6 Å². The van der Waals surface area contributed by atoms with Crippen LogP contribution in [0.2, 0.25) is 0 Å². The smallest absolute Gasteiger partial charge is 0.305 e. The number of hydrogen-bond acceptors (Lipinski definition) is 59. The maximum atomic E-state index is 14.2. The van der Waals surface area contributed by atoms with Crippen LogP contribution in [0.1, 0.15) is 159 Å². The number of rotatable bonds is 42. The molecule has 824 valence electrons. The van der Waals surface area contributed by atoms with Crippen molar-refractivity contribution in [3.8, 4) is 0 Å². The molecule has 53 nitrogen and oxygen atoms in total. The van der Waals surface area contributed by atoms with Gasteiger partial charge in [0.05, 0.1) is 10.5 Å². The van der Waals surface area contributed by atoms with Crippen LogP contribution in [0, 0.1) is 0 Å². The summed E-state index contributed by atoms with van der Waals surface area (Å²) in [4.78, 5) is 307. The first-order valence-electron chi connectivity index (χ1n) is 45.0.